The van der Waals surface area contributed by atoms with E-state index in [1.807, 2.05) is 0 Å². The number of nitrogens with one attached hydrogen (secondary N) is 1. The second-order valence-corrected chi connectivity index (χ2v) is 4.11. The molecule has 1 aromatic carbocycles. The van der Waals surface area contributed by atoms with Gasteiger partial charge in [0.2, 0.25) is 5.91 Å². The van der Waals surface area contributed by atoms with Crippen LogP contribution in [0.1, 0.15) is 6.92 Å². The highest BCUT2D eigenvalue weighted by molar-refractivity contribution is 5.81. The first-order valence-corrected chi connectivity index (χ1v) is 6.03. The van der Waals surface area contributed by atoms with Crippen LogP contribution in [0.15, 0.2) is 33.9 Å². The lowest BCUT2D eigenvalue weighted by Gasteiger charge is -2.12. The van der Waals surface area contributed by atoms with Crippen LogP contribution in [-0.4, -0.2) is 22.1 Å². The smallest absolute Gasteiger partial charge is 0.331 e. The van der Waals surface area contributed by atoms with E-state index in [0.29, 0.717) is 10.9 Å². The number of aromatic nitrogens is 2. The number of hydrogen-bond acceptors (Lipinski definition) is 3. The van der Waals surface area contributed by atoms with E-state index in [1.54, 1.807) is 31.2 Å². The van der Waals surface area contributed by atoms with E-state index in [9.17, 15) is 14.4 Å². The highest BCUT2D eigenvalue weighted by Crippen LogP contribution is 2.07. The van der Waals surface area contributed by atoms with Crippen LogP contribution in [-0.2, 0) is 17.9 Å². The molecule has 0 unspecified atom stereocenters. The fourth-order valence-corrected chi connectivity index (χ4v) is 2.03. The molecule has 1 amide bonds. The molecule has 0 radical (unpaired) electrons. The third-order valence-corrected chi connectivity index (χ3v) is 3.03. The minimum atomic E-state index is -0.463. The van der Waals surface area contributed by atoms with Gasteiger partial charge in [-0.3, -0.25) is 18.7 Å². The van der Waals surface area contributed by atoms with Crippen molar-refractivity contribution in [1.82, 2.24) is 14.5 Å². The fraction of sp³-hybridized carbons (Fsp3) is 0.308. The SMILES string of the molecule is CCn1c(=O)c2ccccc2n(CC(=O)NC)c1=O. The van der Waals surface area contributed by atoms with Crippen LogP contribution in [0.25, 0.3) is 10.9 Å². The van der Waals surface area contributed by atoms with E-state index >= 15 is 0 Å². The summed E-state index contributed by atoms with van der Waals surface area (Å²) in [7, 11) is 1.51. The number of rotatable bonds is 3. The number of carbonyl (C=O) groups is 1. The van der Waals surface area contributed by atoms with Crippen molar-refractivity contribution < 1.29 is 4.79 Å². The Bertz CT molecular complexity index is 743. The number of nitrogens with zero attached hydrogens (tertiary/aromatic N) is 2. The topological polar surface area (TPSA) is 73.1 Å². The fourth-order valence-electron chi connectivity index (χ4n) is 2.03. The monoisotopic (exact) mass is 261 g/mol. The van der Waals surface area contributed by atoms with Crippen molar-refractivity contribution in [2.24, 2.45) is 0 Å². The Balaban J connectivity index is 2.84. The lowest BCUT2D eigenvalue weighted by Crippen LogP contribution is -2.41. The van der Waals surface area contributed by atoms with Crippen LogP contribution < -0.4 is 16.6 Å². The van der Waals surface area contributed by atoms with Crippen LogP contribution in [0.5, 0.6) is 0 Å². The van der Waals surface area contributed by atoms with Gasteiger partial charge in [-0.25, -0.2) is 4.79 Å². The van der Waals surface area contributed by atoms with E-state index in [0.717, 1.165) is 4.57 Å². The van der Waals surface area contributed by atoms with Crippen LogP contribution in [0.4, 0.5) is 0 Å². The Labute approximate surface area is 109 Å². The van der Waals surface area contributed by atoms with E-state index < -0.39 is 5.69 Å². The highest BCUT2D eigenvalue weighted by Gasteiger charge is 2.13. The summed E-state index contributed by atoms with van der Waals surface area (Å²) in [5.74, 6) is -0.284. The van der Waals surface area contributed by atoms with Gasteiger partial charge in [0.15, 0.2) is 0 Å². The van der Waals surface area contributed by atoms with Gasteiger partial charge < -0.3 is 5.32 Å². The molecule has 0 atom stereocenters. The van der Waals surface area contributed by atoms with Crippen molar-refractivity contribution in [3.05, 3.63) is 45.1 Å². The molecule has 2 aromatic rings. The summed E-state index contributed by atoms with van der Waals surface area (Å²) in [6.07, 6.45) is 0. The van der Waals surface area contributed by atoms with Crippen molar-refractivity contribution in [2.75, 3.05) is 7.05 Å². The molecule has 0 bridgehead atoms. The molecule has 0 spiro atoms. The molecular formula is C13H15N3O3. The predicted molar refractivity (Wildman–Crippen MR) is 72.2 cm³/mol. The molecule has 1 N–H and O–H groups in total. The first kappa shape index (κ1) is 13.1. The Morgan fingerprint density at radius 1 is 1.21 bits per heavy atom. The van der Waals surface area contributed by atoms with Gasteiger partial charge in [0.25, 0.3) is 5.56 Å². The highest BCUT2D eigenvalue weighted by atomic mass is 16.2. The molecule has 0 aliphatic heterocycles. The Hall–Kier alpha value is -2.37. The van der Waals surface area contributed by atoms with Crippen molar-refractivity contribution in [1.29, 1.82) is 0 Å². The van der Waals surface area contributed by atoms with Crippen molar-refractivity contribution in [3.8, 4) is 0 Å². The average molecular weight is 261 g/mol. The lowest BCUT2D eigenvalue weighted by atomic mass is 10.2. The van der Waals surface area contributed by atoms with Gasteiger partial charge in [-0.2, -0.15) is 0 Å². The molecule has 0 fully saturated rings. The number of benzene rings is 1. The van der Waals surface area contributed by atoms with Gasteiger partial charge in [-0.05, 0) is 19.1 Å². The first-order chi connectivity index (χ1) is 9.10. The number of carbonyl (C=O) groups excluding carboxylic acids is 1. The number of hydrogen-bond donors (Lipinski definition) is 1. The van der Waals surface area contributed by atoms with Gasteiger partial charge >= 0.3 is 5.69 Å². The van der Waals surface area contributed by atoms with Gasteiger partial charge in [0, 0.05) is 13.6 Å². The zero-order valence-electron chi connectivity index (χ0n) is 10.8. The number of fused-ring (bicyclic) bond motifs is 1. The normalized spacial score (nSPS) is 10.6. The van der Waals surface area contributed by atoms with E-state index in [4.69, 9.17) is 0 Å². The Kier molecular flexibility index (Phi) is 3.50. The third kappa shape index (κ3) is 2.16. The zero-order valence-corrected chi connectivity index (χ0v) is 10.8. The second-order valence-electron chi connectivity index (χ2n) is 4.11. The van der Waals surface area contributed by atoms with Crippen LogP contribution >= 0.6 is 0 Å². The molecule has 0 aliphatic carbocycles. The zero-order chi connectivity index (χ0) is 14.0. The third-order valence-electron chi connectivity index (χ3n) is 3.03. The molecular weight excluding hydrogens is 246 g/mol. The number of amides is 1. The van der Waals surface area contributed by atoms with Crippen molar-refractivity contribution >= 4 is 16.8 Å². The maximum atomic E-state index is 12.2. The molecule has 0 saturated heterocycles. The maximum Gasteiger partial charge on any atom is 0.331 e. The summed E-state index contributed by atoms with van der Waals surface area (Å²) in [5.41, 5.74) is -0.308. The first-order valence-electron chi connectivity index (χ1n) is 6.03. The molecule has 100 valence electrons. The molecule has 0 saturated carbocycles. The van der Waals surface area contributed by atoms with Crippen LogP contribution in [0.2, 0.25) is 0 Å². The summed E-state index contributed by atoms with van der Waals surface area (Å²) >= 11 is 0. The summed E-state index contributed by atoms with van der Waals surface area (Å²) in [6.45, 7) is 1.90. The molecule has 6 heteroatoms. The van der Waals surface area contributed by atoms with Crippen LogP contribution in [0, 0.1) is 0 Å². The Morgan fingerprint density at radius 2 is 1.89 bits per heavy atom. The molecule has 1 aromatic heterocycles. The van der Waals surface area contributed by atoms with E-state index in [2.05, 4.69) is 5.32 Å². The molecule has 6 nitrogen and oxygen atoms in total. The second kappa shape index (κ2) is 5.09. The summed E-state index contributed by atoms with van der Waals surface area (Å²) < 4.78 is 2.45. The predicted octanol–water partition coefficient (Wildman–Crippen LogP) is -0.0709. The van der Waals surface area contributed by atoms with E-state index in [-0.39, 0.29) is 24.6 Å². The molecule has 1 heterocycles. The van der Waals surface area contributed by atoms with Gasteiger partial charge in [0.05, 0.1) is 10.9 Å². The van der Waals surface area contributed by atoms with E-state index in [1.165, 1.54) is 11.6 Å². The maximum absolute atomic E-state index is 12.2. The minimum absolute atomic E-state index is 0.101. The number of para-hydroxylation sites is 1. The van der Waals surface area contributed by atoms with Gasteiger partial charge in [0.1, 0.15) is 6.54 Å². The minimum Gasteiger partial charge on any atom is -0.358 e. The summed E-state index contributed by atoms with van der Waals surface area (Å²) in [4.78, 5) is 35.9. The average Bonchev–Trinajstić information content (AvgIpc) is 2.43. The Morgan fingerprint density at radius 3 is 2.53 bits per heavy atom. The van der Waals surface area contributed by atoms with Gasteiger partial charge in [-0.1, -0.05) is 12.1 Å². The standard InChI is InChI=1S/C13H15N3O3/c1-3-15-12(18)9-6-4-5-7-10(9)16(13(15)19)8-11(17)14-2/h4-7H,3,8H2,1-2H3,(H,14,17). The largest absolute Gasteiger partial charge is 0.358 e. The van der Waals surface area contributed by atoms with Crippen LogP contribution in [0.3, 0.4) is 0 Å². The molecule has 2 rings (SSSR count). The van der Waals surface area contributed by atoms with Crippen molar-refractivity contribution in [3.63, 3.8) is 0 Å². The van der Waals surface area contributed by atoms with Crippen molar-refractivity contribution in [2.45, 2.75) is 20.0 Å². The summed E-state index contributed by atoms with van der Waals surface area (Å²) in [6, 6.07) is 6.79. The quantitative estimate of drug-likeness (QED) is 0.840. The molecule has 0 aliphatic rings. The lowest BCUT2D eigenvalue weighted by molar-refractivity contribution is -0.121. The molecule has 19 heavy (non-hydrogen) atoms. The summed E-state index contributed by atoms with van der Waals surface area (Å²) in [5, 5.41) is 2.91. The van der Waals surface area contributed by atoms with Gasteiger partial charge in [-0.15, -0.1) is 0 Å². The number of likely N-dealkylation sites (N-methyl/N-ethyl adjacent to an activating group) is 1.